The Morgan fingerprint density at radius 1 is 1.42 bits per heavy atom. The molecular formula is C18H25N3O2S. The van der Waals surface area contributed by atoms with E-state index in [4.69, 9.17) is 9.72 Å². The minimum Gasteiger partial charge on any atom is -0.497 e. The van der Waals surface area contributed by atoms with E-state index in [9.17, 15) is 4.79 Å². The van der Waals surface area contributed by atoms with Gasteiger partial charge in [-0.3, -0.25) is 4.79 Å². The van der Waals surface area contributed by atoms with Gasteiger partial charge in [0, 0.05) is 24.5 Å². The molecule has 5 nitrogen and oxygen atoms in total. The molecule has 130 valence electrons. The molecule has 0 radical (unpaired) electrons. The Morgan fingerprint density at radius 2 is 2.21 bits per heavy atom. The normalized spacial score (nSPS) is 18.7. The van der Waals surface area contributed by atoms with Gasteiger partial charge in [-0.2, -0.15) is 0 Å². The van der Waals surface area contributed by atoms with Crippen molar-refractivity contribution in [3.8, 4) is 5.75 Å². The number of anilines is 1. The third-order valence-corrected chi connectivity index (χ3v) is 5.37. The van der Waals surface area contributed by atoms with Crippen molar-refractivity contribution in [3.63, 3.8) is 0 Å². The topological polar surface area (TPSA) is 54.5 Å². The van der Waals surface area contributed by atoms with Crippen molar-refractivity contribution >= 4 is 32.6 Å². The maximum atomic E-state index is 12.2. The Balaban J connectivity index is 1.73. The van der Waals surface area contributed by atoms with Gasteiger partial charge in [0.25, 0.3) is 0 Å². The average Bonchev–Trinajstić information content (AvgIpc) is 2.97. The second-order valence-electron chi connectivity index (χ2n) is 7.34. The molecule has 1 unspecified atom stereocenters. The van der Waals surface area contributed by atoms with Crippen molar-refractivity contribution in [2.45, 2.75) is 39.7 Å². The van der Waals surface area contributed by atoms with Gasteiger partial charge in [0.15, 0.2) is 5.13 Å². The van der Waals surface area contributed by atoms with Gasteiger partial charge in [0.1, 0.15) is 5.75 Å². The first-order valence-electron chi connectivity index (χ1n) is 8.37. The SMILES string of the molecule is COc1ccc2nc(N3CCCC(NC(=O)C(C)(C)C)C3)sc2c1. The number of carbonyl (C=O) groups excluding carboxylic acids is 1. The van der Waals surface area contributed by atoms with Gasteiger partial charge >= 0.3 is 0 Å². The second kappa shape index (κ2) is 6.59. The van der Waals surface area contributed by atoms with E-state index >= 15 is 0 Å². The highest BCUT2D eigenvalue weighted by molar-refractivity contribution is 7.22. The smallest absolute Gasteiger partial charge is 0.225 e. The molecule has 1 aliphatic heterocycles. The van der Waals surface area contributed by atoms with Crippen molar-refractivity contribution in [3.05, 3.63) is 18.2 Å². The summed E-state index contributed by atoms with van der Waals surface area (Å²) in [4.78, 5) is 19.3. The summed E-state index contributed by atoms with van der Waals surface area (Å²) in [6.45, 7) is 7.65. The maximum Gasteiger partial charge on any atom is 0.225 e. The van der Waals surface area contributed by atoms with E-state index in [0.29, 0.717) is 0 Å². The molecule has 1 aliphatic rings. The molecule has 0 aliphatic carbocycles. The number of hydrogen-bond acceptors (Lipinski definition) is 5. The van der Waals surface area contributed by atoms with Gasteiger partial charge in [-0.25, -0.2) is 4.98 Å². The summed E-state index contributed by atoms with van der Waals surface area (Å²) in [5, 5.41) is 4.21. The zero-order valence-electron chi connectivity index (χ0n) is 14.8. The lowest BCUT2D eigenvalue weighted by Gasteiger charge is -2.34. The third-order valence-electron chi connectivity index (χ3n) is 4.29. The fourth-order valence-corrected chi connectivity index (χ4v) is 3.85. The number of carbonyl (C=O) groups is 1. The van der Waals surface area contributed by atoms with Gasteiger partial charge in [-0.05, 0) is 31.0 Å². The number of amides is 1. The summed E-state index contributed by atoms with van der Waals surface area (Å²) in [5.74, 6) is 0.968. The lowest BCUT2D eigenvalue weighted by Crippen LogP contribution is -2.50. The standard InChI is InChI=1S/C18H25N3O2S/c1-18(2,3)16(22)19-12-6-5-9-21(11-12)17-20-14-8-7-13(23-4)10-15(14)24-17/h7-8,10,12H,5-6,9,11H2,1-4H3,(H,19,22). The summed E-state index contributed by atoms with van der Waals surface area (Å²) in [6, 6.07) is 6.15. The fourth-order valence-electron chi connectivity index (χ4n) is 2.83. The van der Waals surface area contributed by atoms with Crippen molar-refractivity contribution in [2.75, 3.05) is 25.1 Å². The Kier molecular flexibility index (Phi) is 4.67. The molecular weight excluding hydrogens is 322 g/mol. The fraction of sp³-hybridized carbons (Fsp3) is 0.556. The molecule has 1 saturated heterocycles. The predicted molar refractivity (Wildman–Crippen MR) is 99.0 cm³/mol. The molecule has 2 heterocycles. The zero-order valence-corrected chi connectivity index (χ0v) is 15.6. The molecule has 1 amide bonds. The summed E-state index contributed by atoms with van der Waals surface area (Å²) in [7, 11) is 1.68. The summed E-state index contributed by atoms with van der Waals surface area (Å²) < 4.78 is 6.42. The molecule has 0 bridgehead atoms. The first-order valence-corrected chi connectivity index (χ1v) is 9.19. The molecule has 1 atom stereocenters. The van der Waals surface area contributed by atoms with Crippen LogP contribution in [0.2, 0.25) is 0 Å². The van der Waals surface area contributed by atoms with Gasteiger partial charge in [0.05, 0.1) is 17.3 Å². The van der Waals surface area contributed by atoms with Crippen LogP contribution in [0.1, 0.15) is 33.6 Å². The lowest BCUT2D eigenvalue weighted by atomic mass is 9.94. The van der Waals surface area contributed by atoms with Crippen LogP contribution in [0.4, 0.5) is 5.13 Å². The van der Waals surface area contributed by atoms with Crippen molar-refractivity contribution in [1.82, 2.24) is 10.3 Å². The van der Waals surface area contributed by atoms with Crippen LogP contribution in [-0.4, -0.2) is 37.1 Å². The van der Waals surface area contributed by atoms with Crippen molar-refractivity contribution in [1.29, 1.82) is 0 Å². The summed E-state index contributed by atoms with van der Waals surface area (Å²) in [5.41, 5.74) is 0.644. The number of hydrogen-bond donors (Lipinski definition) is 1. The van der Waals surface area contributed by atoms with E-state index < -0.39 is 0 Å². The predicted octanol–water partition coefficient (Wildman–Crippen LogP) is 3.44. The molecule has 1 aromatic carbocycles. The number of thiazole rings is 1. The highest BCUT2D eigenvalue weighted by Crippen LogP contribution is 2.32. The molecule has 1 N–H and O–H groups in total. The van der Waals surface area contributed by atoms with E-state index in [-0.39, 0.29) is 17.4 Å². The van der Waals surface area contributed by atoms with E-state index in [1.807, 2.05) is 39.0 Å². The number of fused-ring (bicyclic) bond motifs is 1. The van der Waals surface area contributed by atoms with Crippen LogP contribution < -0.4 is 15.0 Å². The second-order valence-corrected chi connectivity index (χ2v) is 8.35. The molecule has 2 aromatic rings. The molecule has 3 rings (SSSR count). The third kappa shape index (κ3) is 3.64. The lowest BCUT2D eigenvalue weighted by molar-refractivity contribution is -0.129. The number of piperidine rings is 1. The molecule has 1 fully saturated rings. The Labute approximate surface area is 147 Å². The molecule has 1 aromatic heterocycles. The monoisotopic (exact) mass is 347 g/mol. The van der Waals surface area contributed by atoms with Gasteiger partial charge in [-0.15, -0.1) is 0 Å². The maximum absolute atomic E-state index is 12.2. The first-order chi connectivity index (χ1) is 11.4. The Hall–Kier alpha value is -1.82. The van der Waals surface area contributed by atoms with Crippen LogP contribution in [0, 0.1) is 5.41 Å². The number of rotatable bonds is 3. The zero-order chi connectivity index (χ0) is 17.3. The number of benzene rings is 1. The molecule has 0 saturated carbocycles. The van der Waals surface area contributed by atoms with E-state index in [2.05, 4.69) is 10.2 Å². The van der Waals surface area contributed by atoms with Crippen LogP contribution >= 0.6 is 11.3 Å². The van der Waals surface area contributed by atoms with Crippen LogP contribution in [0.3, 0.4) is 0 Å². The van der Waals surface area contributed by atoms with Crippen LogP contribution in [-0.2, 0) is 4.79 Å². The minimum absolute atomic E-state index is 0.114. The van der Waals surface area contributed by atoms with Crippen LogP contribution in [0.25, 0.3) is 10.2 Å². The average molecular weight is 347 g/mol. The number of ether oxygens (including phenoxy) is 1. The van der Waals surface area contributed by atoms with E-state index in [0.717, 1.165) is 47.0 Å². The van der Waals surface area contributed by atoms with E-state index in [1.54, 1.807) is 18.4 Å². The van der Waals surface area contributed by atoms with Crippen molar-refractivity contribution < 1.29 is 9.53 Å². The Bertz CT molecular complexity index is 735. The van der Waals surface area contributed by atoms with Crippen LogP contribution in [0.15, 0.2) is 18.2 Å². The van der Waals surface area contributed by atoms with E-state index in [1.165, 1.54) is 0 Å². The van der Waals surface area contributed by atoms with Gasteiger partial charge < -0.3 is 15.0 Å². The number of methoxy groups -OCH3 is 1. The molecule has 6 heteroatoms. The molecule has 24 heavy (non-hydrogen) atoms. The van der Waals surface area contributed by atoms with Gasteiger partial charge in [-0.1, -0.05) is 32.1 Å². The quantitative estimate of drug-likeness (QED) is 0.924. The van der Waals surface area contributed by atoms with Crippen molar-refractivity contribution in [2.24, 2.45) is 5.41 Å². The first kappa shape index (κ1) is 17.0. The van der Waals surface area contributed by atoms with Crippen LogP contribution in [0.5, 0.6) is 5.75 Å². The van der Waals surface area contributed by atoms with Gasteiger partial charge in [0.2, 0.25) is 5.91 Å². The highest BCUT2D eigenvalue weighted by atomic mass is 32.1. The molecule has 0 spiro atoms. The summed E-state index contributed by atoms with van der Waals surface area (Å²) in [6.07, 6.45) is 2.09. The number of nitrogens with zero attached hydrogens (tertiary/aromatic N) is 2. The Morgan fingerprint density at radius 3 is 2.92 bits per heavy atom. The number of aromatic nitrogens is 1. The largest absolute Gasteiger partial charge is 0.497 e. The highest BCUT2D eigenvalue weighted by Gasteiger charge is 2.28. The summed E-state index contributed by atoms with van der Waals surface area (Å²) >= 11 is 1.68. The number of nitrogens with one attached hydrogen (secondary N) is 1. The minimum atomic E-state index is -0.352.